The summed E-state index contributed by atoms with van der Waals surface area (Å²) in [6.07, 6.45) is -4.36. The molecule has 0 aliphatic heterocycles. The topological polar surface area (TPSA) is 39.2 Å². The number of hydrogen-bond acceptors (Lipinski definition) is 3. The molecule has 88 valence electrons. The summed E-state index contributed by atoms with van der Waals surface area (Å²) in [6, 6.07) is 0.375. The number of nitrogens with zero attached hydrogens (tertiary/aromatic N) is 1. The van der Waals surface area contributed by atoms with E-state index >= 15 is 0 Å². The fraction of sp³-hybridized carbons (Fsp3) is 0.333. The highest BCUT2D eigenvalue weighted by atomic mass is 19.4. The first kappa shape index (κ1) is 12.4. The van der Waals surface area contributed by atoms with Crippen LogP contribution in [-0.4, -0.2) is 17.6 Å². The number of ether oxygens (including phenoxy) is 1. The Hall–Kier alpha value is -1.66. The highest BCUT2D eigenvalue weighted by molar-refractivity contribution is 5.89. The molecule has 1 aromatic rings. The molecule has 0 saturated carbocycles. The first-order valence-electron chi connectivity index (χ1n) is 4.26. The van der Waals surface area contributed by atoms with Crippen molar-refractivity contribution < 1.29 is 27.1 Å². The van der Waals surface area contributed by atoms with Gasteiger partial charge in [0.1, 0.15) is 5.56 Å². The first-order chi connectivity index (χ1) is 7.36. The molecular formula is C9H7F4NO2. The van der Waals surface area contributed by atoms with Crippen LogP contribution >= 0.6 is 0 Å². The molecule has 0 saturated heterocycles. The van der Waals surface area contributed by atoms with Gasteiger partial charge in [0.25, 0.3) is 0 Å². The zero-order valence-electron chi connectivity index (χ0n) is 8.14. The van der Waals surface area contributed by atoms with Gasteiger partial charge < -0.3 is 4.74 Å². The number of hydrogen-bond donors (Lipinski definition) is 0. The molecule has 0 aliphatic rings. The number of aromatic nitrogens is 1. The van der Waals surface area contributed by atoms with E-state index in [0.717, 1.165) is 0 Å². The van der Waals surface area contributed by atoms with Crippen molar-refractivity contribution in [3.05, 3.63) is 29.3 Å². The third-order valence-electron chi connectivity index (χ3n) is 1.66. The van der Waals surface area contributed by atoms with E-state index in [-0.39, 0.29) is 6.61 Å². The standard InChI is InChI=1S/C9H7F4NO2/c1-2-16-8(15)6-3-5(9(11,12)13)4-14-7(6)10/h3-4H,2H2,1H3. The molecule has 0 radical (unpaired) electrons. The molecule has 0 aliphatic carbocycles. The highest BCUT2D eigenvalue weighted by Crippen LogP contribution is 2.29. The summed E-state index contributed by atoms with van der Waals surface area (Å²) in [4.78, 5) is 13.9. The predicted molar refractivity (Wildman–Crippen MR) is 45.2 cm³/mol. The summed E-state index contributed by atoms with van der Waals surface area (Å²) in [5.41, 5.74) is -2.02. The van der Waals surface area contributed by atoms with Crippen LogP contribution in [0.4, 0.5) is 17.6 Å². The molecule has 1 heterocycles. The van der Waals surface area contributed by atoms with Crippen molar-refractivity contribution in [1.29, 1.82) is 0 Å². The lowest BCUT2D eigenvalue weighted by Gasteiger charge is -2.08. The van der Waals surface area contributed by atoms with Crippen molar-refractivity contribution in [2.45, 2.75) is 13.1 Å². The Morgan fingerprint density at radius 3 is 2.62 bits per heavy atom. The second kappa shape index (κ2) is 4.46. The molecule has 0 atom stereocenters. The number of alkyl halides is 3. The average molecular weight is 237 g/mol. The minimum Gasteiger partial charge on any atom is -0.462 e. The zero-order valence-corrected chi connectivity index (χ0v) is 8.14. The minimum atomic E-state index is -4.68. The maximum atomic E-state index is 13.0. The van der Waals surface area contributed by atoms with E-state index in [9.17, 15) is 22.4 Å². The van der Waals surface area contributed by atoms with Gasteiger partial charge >= 0.3 is 12.1 Å². The first-order valence-corrected chi connectivity index (χ1v) is 4.26. The maximum absolute atomic E-state index is 13.0. The Morgan fingerprint density at radius 1 is 1.50 bits per heavy atom. The second-order valence-corrected chi connectivity index (χ2v) is 2.78. The molecule has 0 spiro atoms. The third kappa shape index (κ3) is 2.68. The van der Waals surface area contributed by atoms with Crippen molar-refractivity contribution in [3.63, 3.8) is 0 Å². The lowest BCUT2D eigenvalue weighted by Crippen LogP contribution is -2.13. The highest BCUT2D eigenvalue weighted by Gasteiger charge is 2.32. The van der Waals surface area contributed by atoms with Crippen molar-refractivity contribution in [2.75, 3.05) is 6.61 Å². The summed E-state index contributed by atoms with van der Waals surface area (Å²) in [5.74, 6) is -2.45. The Bertz CT molecular complexity index is 403. The van der Waals surface area contributed by atoms with Gasteiger partial charge in [0.15, 0.2) is 0 Å². The molecular weight excluding hydrogens is 230 g/mol. The van der Waals surface area contributed by atoms with E-state index in [1.807, 2.05) is 0 Å². The van der Waals surface area contributed by atoms with E-state index in [4.69, 9.17) is 0 Å². The number of carbonyl (C=O) groups is 1. The number of carbonyl (C=O) groups excluding carboxylic acids is 1. The van der Waals surface area contributed by atoms with E-state index in [2.05, 4.69) is 9.72 Å². The molecule has 0 N–H and O–H groups in total. The molecule has 1 rings (SSSR count). The van der Waals surface area contributed by atoms with Crippen molar-refractivity contribution >= 4 is 5.97 Å². The lowest BCUT2D eigenvalue weighted by atomic mass is 10.2. The van der Waals surface area contributed by atoms with E-state index < -0.39 is 29.2 Å². The van der Waals surface area contributed by atoms with Gasteiger partial charge in [-0.05, 0) is 13.0 Å². The summed E-state index contributed by atoms with van der Waals surface area (Å²) < 4.78 is 54.0. The van der Waals surface area contributed by atoms with Crippen LogP contribution in [0.3, 0.4) is 0 Å². The molecule has 0 fully saturated rings. The quantitative estimate of drug-likeness (QED) is 0.450. The molecule has 0 bridgehead atoms. The molecule has 1 aromatic heterocycles. The maximum Gasteiger partial charge on any atom is 0.417 e. The van der Waals surface area contributed by atoms with E-state index in [1.54, 1.807) is 0 Å². The van der Waals surface area contributed by atoms with Gasteiger partial charge in [0, 0.05) is 6.20 Å². The molecule has 0 amide bonds. The summed E-state index contributed by atoms with van der Waals surface area (Å²) >= 11 is 0. The van der Waals surface area contributed by atoms with E-state index in [1.165, 1.54) is 6.92 Å². The van der Waals surface area contributed by atoms with Crippen LogP contribution in [0.15, 0.2) is 12.3 Å². The molecule has 7 heteroatoms. The van der Waals surface area contributed by atoms with Crippen molar-refractivity contribution in [2.24, 2.45) is 0 Å². The number of rotatable bonds is 2. The van der Waals surface area contributed by atoms with Crippen LogP contribution in [0.25, 0.3) is 0 Å². The van der Waals surface area contributed by atoms with E-state index in [0.29, 0.717) is 12.3 Å². The fourth-order valence-corrected chi connectivity index (χ4v) is 0.955. The summed E-state index contributed by atoms with van der Waals surface area (Å²) in [6.45, 7) is 1.39. The van der Waals surface area contributed by atoms with Gasteiger partial charge in [-0.1, -0.05) is 0 Å². The van der Waals surface area contributed by atoms with Crippen molar-refractivity contribution in [1.82, 2.24) is 4.98 Å². The Balaban J connectivity index is 3.14. The molecule has 0 aromatic carbocycles. The lowest BCUT2D eigenvalue weighted by molar-refractivity contribution is -0.137. The van der Waals surface area contributed by atoms with Crippen LogP contribution in [-0.2, 0) is 10.9 Å². The monoisotopic (exact) mass is 237 g/mol. The van der Waals surface area contributed by atoms with Gasteiger partial charge in [-0.2, -0.15) is 17.6 Å². The predicted octanol–water partition coefficient (Wildman–Crippen LogP) is 2.42. The zero-order chi connectivity index (χ0) is 12.3. The SMILES string of the molecule is CCOC(=O)c1cc(C(F)(F)F)cnc1F. The summed E-state index contributed by atoms with van der Waals surface area (Å²) in [7, 11) is 0. The van der Waals surface area contributed by atoms with Gasteiger partial charge in [0.2, 0.25) is 5.95 Å². The van der Waals surface area contributed by atoms with Gasteiger partial charge in [0.05, 0.1) is 12.2 Å². The number of pyridine rings is 1. The molecule has 3 nitrogen and oxygen atoms in total. The van der Waals surface area contributed by atoms with Gasteiger partial charge in [-0.3, -0.25) is 0 Å². The smallest absolute Gasteiger partial charge is 0.417 e. The largest absolute Gasteiger partial charge is 0.462 e. The van der Waals surface area contributed by atoms with Crippen LogP contribution in [0, 0.1) is 5.95 Å². The number of halogens is 4. The Labute approximate surface area is 88.0 Å². The fourth-order valence-electron chi connectivity index (χ4n) is 0.955. The minimum absolute atomic E-state index is 0.0610. The van der Waals surface area contributed by atoms with Crippen LogP contribution in [0.2, 0.25) is 0 Å². The normalized spacial score (nSPS) is 11.3. The van der Waals surface area contributed by atoms with Crippen LogP contribution < -0.4 is 0 Å². The van der Waals surface area contributed by atoms with Crippen LogP contribution in [0.5, 0.6) is 0 Å². The molecule has 0 unspecified atom stereocenters. The van der Waals surface area contributed by atoms with Gasteiger partial charge in [-0.25, -0.2) is 9.78 Å². The second-order valence-electron chi connectivity index (χ2n) is 2.78. The molecule has 16 heavy (non-hydrogen) atoms. The summed E-state index contributed by atoms with van der Waals surface area (Å²) in [5, 5.41) is 0. The van der Waals surface area contributed by atoms with Crippen LogP contribution in [0.1, 0.15) is 22.8 Å². The third-order valence-corrected chi connectivity index (χ3v) is 1.66. The number of esters is 1. The Kier molecular flexibility index (Phi) is 3.46. The average Bonchev–Trinajstić information content (AvgIpc) is 2.16. The Morgan fingerprint density at radius 2 is 2.12 bits per heavy atom. The van der Waals surface area contributed by atoms with Crippen molar-refractivity contribution in [3.8, 4) is 0 Å². The van der Waals surface area contributed by atoms with Gasteiger partial charge in [-0.15, -0.1) is 0 Å².